The number of hydrogen-bond acceptors (Lipinski definition) is 2. The smallest absolute Gasteiger partial charge is 0.234 e. The summed E-state index contributed by atoms with van der Waals surface area (Å²) < 4.78 is 0. The Bertz CT molecular complexity index is 152. The summed E-state index contributed by atoms with van der Waals surface area (Å²) in [5, 5.41) is 0. The van der Waals surface area contributed by atoms with Crippen molar-refractivity contribution in [1.29, 1.82) is 0 Å². The first kappa shape index (κ1) is 7.54. The summed E-state index contributed by atoms with van der Waals surface area (Å²) in [5.74, 6) is -0.381. The van der Waals surface area contributed by atoms with E-state index in [1.807, 2.05) is 0 Å². The third-order valence-electron chi connectivity index (χ3n) is 2.18. The Morgan fingerprint density at radius 1 is 1.70 bits per heavy atom. The molecule has 1 atom stereocenters. The van der Waals surface area contributed by atoms with E-state index in [-0.39, 0.29) is 5.91 Å². The molecule has 0 heterocycles. The number of carbonyl (C=O) groups excluding carboxylic acids is 1. The van der Waals surface area contributed by atoms with Crippen molar-refractivity contribution in [2.24, 2.45) is 16.9 Å². The minimum Gasteiger partial charge on any atom is -0.368 e. The molecule has 1 amide bonds. The Labute approximate surface area is 60.8 Å². The fourth-order valence-electron chi connectivity index (χ4n) is 1.05. The van der Waals surface area contributed by atoms with E-state index in [4.69, 9.17) is 11.5 Å². The van der Waals surface area contributed by atoms with Crippen LogP contribution in [0.4, 0.5) is 0 Å². The molecule has 1 unspecified atom stereocenters. The second-order valence-electron chi connectivity index (χ2n) is 3.52. The van der Waals surface area contributed by atoms with E-state index in [1.54, 1.807) is 0 Å². The van der Waals surface area contributed by atoms with Crippen LogP contribution < -0.4 is 11.5 Å². The normalized spacial score (nSPS) is 23.8. The van der Waals surface area contributed by atoms with Crippen LogP contribution in [0, 0.1) is 5.41 Å². The zero-order valence-corrected chi connectivity index (χ0v) is 6.26. The molecule has 0 bridgehead atoms. The van der Waals surface area contributed by atoms with Crippen LogP contribution in [0.1, 0.15) is 26.2 Å². The summed E-state index contributed by atoms with van der Waals surface area (Å²) in [6.07, 6.45) is 3.13. The van der Waals surface area contributed by atoms with E-state index < -0.39 is 6.04 Å². The first-order chi connectivity index (χ1) is 4.53. The average molecular weight is 142 g/mol. The number of primary amides is 1. The lowest BCUT2D eigenvalue weighted by atomic mass is 10.00. The molecule has 58 valence electrons. The fraction of sp³-hybridized carbons (Fsp3) is 0.857. The maximum atomic E-state index is 10.5. The van der Waals surface area contributed by atoms with Gasteiger partial charge in [0, 0.05) is 0 Å². The van der Waals surface area contributed by atoms with Crippen molar-refractivity contribution in [3.8, 4) is 0 Å². The van der Waals surface area contributed by atoms with Crippen molar-refractivity contribution >= 4 is 5.91 Å². The Kier molecular flexibility index (Phi) is 1.68. The number of carbonyl (C=O) groups is 1. The topological polar surface area (TPSA) is 69.1 Å². The molecular weight excluding hydrogens is 128 g/mol. The van der Waals surface area contributed by atoms with Crippen LogP contribution >= 0.6 is 0 Å². The maximum Gasteiger partial charge on any atom is 0.234 e. The molecule has 0 aromatic heterocycles. The van der Waals surface area contributed by atoms with Gasteiger partial charge in [-0.05, 0) is 24.7 Å². The van der Waals surface area contributed by atoms with E-state index >= 15 is 0 Å². The minimum absolute atomic E-state index is 0.328. The van der Waals surface area contributed by atoms with Crippen molar-refractivity contribution in [3.05, 3.63) is 0 Å². The van der Waals surface area contributed by atoms with E-state index in [9.17, 15) is 4.79 Å². The second kappa shape index (κ2) is 2.23. The fourth-order valence-corrected chi connectivity index (χ4v) is 1.05. The molecule has 0 spiro atoms. The van der Waals surface area contributed by atoms with Gasteiger partial charge in [0.25, 0.3) is 0 Å². The molecule has 0 aromatic rings. The van der Waals surface area contributed by atoms with Gasteiger partial charge in [0.1, 0.15) is 0 Å². The van der Waals surface area contributed by atoms with E-state index in [0.717, 1.165) is 6.42 Å². The highest BCUT2D eigenvalue weighted by atomic mass is 16.1. The summed E-state index contributed by atoms with van der Waals surface area (Å²) in [5.41, 5.74) is 10.8. The van der Waals surface area contributed by atoms with Crippen molar-refractivity contribution in [2.75, 3.05) is 0 Å². The molecule has 3 heteroatoms. The van der Waals surface area contributed by atoms with Gasteiger partial charge in [0.2, 0.25) is 5.91 Å². The standard InChI is InChI=1S/C7H14N2O/c1-7(2-3-7)4-5(8)6(9)10/h5H,2-4,8H2,1H3,(H2,9,10). The van der Waals surface area contributed by atoms with Crippen LogP contribution in [0.2, 0.25) is 0 Å². The first-order valence-corrected chi connectivity index (χ1v) is 3.58. The Hall–Kier alpha value is -0.570. The van der Waals surface area contributed by atoms with Crippen molar-refractivity contribution in [1.82, 2.24) is 0 Å². The summed E-state index contributed by atoms with van der Waals surface area (Å²) in [6.45, 7) is 2.13. The number of amides is 1. The van der Waals surface area contributed by atoms with Crippen LogP contribution in [0.25, 0.3) is 0 Å². The molecule has 3 nitrogen and oxygen atoms in total. The predicted molar refractivity (Wildman–Crippen MR) is 39.1 cm³/mol. The highest BCUT2D eigenvalue weighted by molar-refractivity contribution is 5.79. The average Bonchev–Trinajstić information content (AvgIpc) is 2.47. The number of nitrogens with two attached hydrogens (primary N) is 2. The first-order valence-electron chi connectivity index (χ1n) is 3.58. The molecule has 1 rings (SSSR count). The summed E-state index contributed by atoms with van der Waals surface area (Å²) >= 11 is 0. The van der Waals surface area contributed by atoms with Gasteiger partial charge in [-0.3, -0.25) is 4.79 Å². The lowest BCUT2D eigenvalue weighted by molar-refractivity contribution is -0.119. The highest BCUT2D eigenvalue weighted by Crippen LogP contribution is 2.48. The molecule has 1 aliphatic rings. The lowest BCUT2D eigenvalue weighted by Crippen LogP contribution is -2.37. The van der Waals surface area contributed by atoms with Gasteiger partial charge in [-0.1, -0.05) is 6.92 Å². The highest BCUT2D eigenvalue weighted by Gasteiger charge is 2.39. The molecule has 10 heavy (non-hydrogen) atoms. The number of rotatable bonds is 3. The summed E-state index contributed by atoms with van der Waals surface area (Å²) in [6, 6.07) is -0.438. The molecule has 1 saturated carbocycles. The Morgan fingerprint density at radius 2 is 2.20 bits per heavy atom. The van der Waals surface area contributed by atoms with E-state index in [2.05, 4.69) is 6.92 Å². The largest absolute Gasteiger partial charge is 0.368 e. The van der Waals surface area contributed by atoms with Gasteiger partial charge >= 0.3 is 0 Å². The van der Waals surface area contributed by atoms with Crippen molar-refractivity contribution < 1.29 is 4.79 Å². The number of hydrogen-bond donors (Lipinski definition) is 2. The SMILES string of the molecule is CC1(CC(N)C(N)=O)CC1. The molecule has 1 fully saturated rings. The lowest BCUT2D eigenvalue weighted by Gasteiger charge is -2.11. The molecular formula is C7H14N2O. The van der Waals surface area contributed by atoms with Crippen LogP contribution in [-0.4, -0.2) is 11.9 Å². The third-order valence-corrected chi connectivity index (χ3v) is 2.18. The molecule has 0 aromatic carbocycles. The monoisotopic (exact) mass is 142 g/mol. The molecule has 0 aliphatic heterocycles. The van der Waals surface area contributed by atoms with Gasteiger partial charge in [0.05, 0.1) is 6.04 Å². The predicted octanol–water partition coefficient (Wildman–Crippen LogP) is -0.0108. The zero-order chi connectivity index (χ0) is 7.78. The third kappa shape index (κ3) is 1.70. The van der Waals surface area contributed by atoms with Crippen LogP contribution in [-0.2, 0) is 4.79 Å². The quantitative estimate of drug-likeness (QED) is 0.582. The second-order valence-corrected chi connectivity index (χ2v) is 3.52. The van der Waals surface area contributed by atoms with Gasteiger partial charge in [-0.25, -0.2) is 0 Å². The van der Waals surface area contributed by atoms with Gasteiger partial charge < -0.3 is 11.5 Å². The molecule has 0 saturated heterocycles. The molecule has 0 radical (unpaired) electrons. The van der Waals surface area contributed by atoms with Gasteiger partial charge in [0.15, 0.2) is 0 Å². The van der Waals surface area contributed by atoms with Crippen LogP contribution in [0.15, 0.2) is 0 Å². The van der Waals surface area contributed by atoms with Crippen LogP contribution in [0.5, 0.6) is 0 Å². The van der Waals surface area contributed by atoms with Gasteiger partial charge in [-0.2, -0.15) is 0 Å². The summed E-state index contributed by atoms with van der Waals surface area (Å²) in [4.78, 5) is 10.5. The van der Waals surface area contributed by atoms with Crippen molar-refractivity contribution in [2.45, 2.75) is 32.2 Å². The maximum absolute atomic E-state index is 10.5. The van der Waals surface area contributed by atoms with E-state index in [0.29, 0.717) is 5.41 Å². The Morgan fingerprint density at radius 3 is 2.50 bits per heavy atom. The van der Waals surface area contributed by atoms with Gasteiger partial charge in [-0.15, -0.1) is 0 Å². The molecule has 1 aliphatic carbocycles. The van der Waals surface area contributed by atoms with Crippen molar-refractivity contribution in [3.63, 3.8) is 0 Å². The molecule has 4 N–H and O–H groups in total. The Balaban J connectivity index is 2.31. The zero-order valence-electron chi connectivity index (χ0n) is 6.26. The minimum atomic E-state index is -0.438. The van der Waals surface area contributed by atoms with E-state index in [1.165, 1.54) is 12.8 Å². The summed E-state index contributed by atoms with van der Waals surface area (Å²) in [7, 11) is 0. The van der Waals surface area contributed by atoms with Crippen LogP contribution in [0.3, 0.4) is 0 Å².